The summed E-state index contributed by atoms with van der Waals surface area (Å²) >= 11 is 0. The molecule has 0 bridgehead atoms. The Labute approximate surface area is 165 Å². The van der Waals surface area contributed by atoms with E-state index in [1.165, 1.54) is 19.3 Å². The topological polar surface area (TPSA) is 83.1 Å². The number of aromatic amines is 1. The number of rotatable bonds is 6. The van der Waals surface area contributed by atoms with Gasteiger partial charge >= 0.3 is 0 Å². The fraction of sp³-hybridized carbons (Fsp3) is 0.571. The molecule has 150 valence electrons. The molecule has 1 saturated heterocycles. The van der Waals surface area contributed by atoms with Crippen LogP contribution in [0.5, 0.6) is 0 Å². The monoisotopic (exact) mass is 383 g/mol. The number of nitrogens with one attached hydrogen (secondary N) is 2. The van der Waals surface area contributed by atoms with Crippen LogP contribution in [-0.4, -0.2) is 58.8 Å². The van der Waals surface area contributed by atoms with Crippen LogP contribution in [-0.2, 0) is 4.74 Å². The molecular formula is C21H29N5O2. The number of hydrogen-bond donors (Lipinski definition) is 2. The highest BCUT2D eigenvalue weighted by atomic mass is 16.5. The van der Waals surface area contributed by atoms with Crippen molar-refractivity contribution in [3.63, 3.8) is 0 Å². The van der Waals surface area contributed by atoms with E-state index in [0.717, 1.165) is 50.4 Å². The SMILES string of the molecule is O=C(NCC(c1ccncc1)N1CCOCC1)c1cn[nH]c1C1CCCCC1. The van der Waals surface area contributed by atoms with Gasteiger partial charge in [0.15, 0.2) is 0 Å². The molecule has 1 aliphatic carbocycles. The largest absolute Gasteiger partial charge is 0.379 e. The van der Waals surface area contributed by atoms with Crippen LogP contribution in [0.3, 0.4) is 0 Å². The van der Waals surface area contributed by atoms with Crippen LogP contribution in [0.2, 0.25) is 0 Å². The first-order valence-corrected chi connectivity index (χ1v) is 10.4. The van der Waals surface area contributed by atoms with E-state index in [1.807, 2.05) is 24.5 Å². The Morgan fingerprint density at radius 2 is 1.96 bits per heavy atom. The standard InChI is InChI=1S/C21H29N5O2/c27-21(18-14-24-25-20(18)17-4-2-1-3-5-17)23-15-19(16-6-8-22-9-7-16)26-10-12-28-13-11-26/h6-9,14,17,19H,1-5,10-13,15H2,(H,23,27)(H,24,25). The summed E-state index contributed by atoms with van der Waals surface area (Å²) in [6, 6.07) is 4.16. The second-order valence-electron chi connectivity index (χ2n) is 7.69. The van der Waals surface area contributed by atoms with Crippen molar-refractivity contribution in [2.75, 3.05) is 32.8 Å². The zero-order valence-electron chi connectivity index (χ0n) is 16.3. The lowest BCUT2D eigenvalue weighted by molar-refractivity contribution is 0.0162. The molecule has 2 aliphatic rings. The molecule has 0 aromatic carbocycles. The van der Waals surface area contributed by atoms with Gasteiger partial charge in [-0.2, -0.15) is 5.10 Å². The summed E-state index contributed by atoms with van der Waals surface area (Å²) in [6.45, 7) is 3.73. The van der Waals surface area contributed by atoms with E-state index in [9.17, 15) is 4.79 Å². The summed E-state index contributed by atoms with van der Waals surface area (Å²) in [7, 11) is 0. The predicted molar refractivity (Wildman–Crippen MR) is 106 cm³/mol. The van der Waals surface area contributed by atoms with Gasteiger partial charge in [0.1, 0.15) is 0 Å². The van der Waals surface area contributed by atoms with E-state index >= 15 is 0 Å². The Kier molecular flexibility index (Phi) is 6.34. The molecule has 2 fully saturated rings. The number of nitrogens with zero attached hydrogens (tertiary/aromatic N) is 3. The molecule has 28 heavy (non-hydrogen) atoms. The molecule has 0 radical (unpaired) electrons. The third kappa shape index (κ3) is 4.42. The Morgan fingerprint density at radius 3 is 2.71 bits per heavy atom. The lowest BCUT2D eigenvalue weighted by atomic mass is 9.85. The Balaban J connectivity index is 1.45. The molecule has 0 spiro atoms. The highest BCUT2D eigenvalue weighted by molar-refractivity contribution is 5.95. The van der Waals surface area contributed by atoms with Crippen molar-refractivity contribution in [1.29, 1.82) is 0 Å². The fourth-order valence-electron chi connectivity index (χ4n) is 4.40. The summed E-state index contributed by atoms with van der Waals surface area (Å²) in [5.41, 5.74) is 2.86. The highest BCUT2D eigenvalue weighted by Gasteiger charge is 2.26. The highest BCUT2D eigenvalue weighted by Crippen LogP contribution is 2.33. The third-order valence-electron chi connectivity index (χ3n) is 5.96. The number of ether oxygens (including phenoxy) is 1. The van der Waals surface area contributed by atoms with Crippen molar-refractivity contribution >= 4 is 5.91 Å². The molecule has 4 rings (SSSR count). The van der Waals surface area contributed by atoms with Gasteiger partial charge < -0.3 is 10.1 Å². The summed E-state index contributed by atoms with van der Waals surface area (Å²) in [6.07, 6.45) is 11.3. The molecule has 1 amide bonds. The average Bonchev–Trinajstić information content (AvgIpc) is 3.26. The Bertz CT molecular complexity index is 751. The molecule has 7 heteroatoms. The molecule has 2 N–H and O–H groups in total. The molecule has 2 aromatic rings. The smallest absolute Gasteiger partial charge is 0.254 e. The molecule has 7 nitrogen and oxygen atoms in total. The number of carbonyl (C=O) groups is 1. The first-order chi connectivity index (χ1) is 13.8. The number of aromatic nitrogens is 3. The van der Waals surface area contributed by atoms with Gasteiger partial charge in [-0.15, -0.1) is 0 Å². The van der Waals surface area contributed by atoms with E-state index in [0.29, 0.717) is 18.0 Å². The number of carbonyl (C=O) groups excluding carboxylic acids is 1. The summed E-state index contributed by atoms with van der Waals surface area (Å²) < 4.78 is 5.50. The molecule has 1 saturated carbocycles. The van der Waals surface area contributed by atoms with Crippen LogP contribution in [0.15, 0.2) is 30.7 Å². The summed E-state index contributed by atoms with van der Waals surface area (Å²) in [4.78, 5) is 19.5. The van der Waals surface area contributed by atoms with Gasteiger partial charge in [0.2, 0.25) is 0 Å². The zero-order valence-corrected chi connectivity index (χ0v) is 16.3. The number of H-pyrrole nitrogens is 1. The van der Waals surface area contributed by atoms with Crippen molar-refractivity contribution in [2.24, 2.45) is 0 Å². The second kappa shape index (κ2) is 9.30. The Morgan fingerprint density at radius 1 is 1.21 bits per heavy atom. The van der Waals surface area contributed by atoms with Gasteiger partial charge in [-0.1, -0.05) is 19.3 Å². The third-order valence-corrected chi connectivity index (χ3v) is 5.96. The predicted octanol–water partition coefficient (Wildman–Crippen LogP) is 2.66. The van der Waals surface area contributed by atoms with Gasteiger partial charge in [0, 0.05) is 37.9 Å². The maximum atomic E-state index is 13.0. The van der Waals surface area contributed by atoms with Crippen molar-refractivity contribution in [3.05, 3.63) is 47.5 Å². The first kappa shape index (κ1) is 19.1. The number of morpholine rings is 1. The maximum Gasteiger partial charge on any atom is 0.254 e. The van der Waals surface area contributed by atoms with Crippen molar-refractivity contribution in [2.45, 2.75) is 44.1 Å². The van der Waals surface area contributed by atoms with Crippen LogP contribution in [0.4, 0.5) is 0 Å². The van der Waals surface area contributed by atoms with Crippen LogP contribution in [0, 0.1) is 0 Å². The Hall–Kier alpha value is -2.25. The number of amides is 1. The molecule has 1 aliphatic heterocycles. The van der Waals surface area contributed by atoms with E-state index < -0.39 is 0 Å². The molecule has 3 heterocycles. The van der Waals surface area contributed by atoms with E-state index in [2.05, 4.69) is 25.4 Å². The van der Waals surface area contributed by atoms with E-state index in [1.54, 1.807) is 6.20 Å². The fourth-order valence-corrected chi connectivity index (χ4v) is 4.40. The lowest BCUT2D eigenvalue weighted by Crippen LogP contribution is -2.43. The minimum absolute atomic E-state index is 0.0401. The van der Waals surface area contributed by atoms with Crippen LogP contribution >= 0.6 is 0 Å². The maximum absolute atomic E-state index is 13.0. The van der Waals surface area contributed by atoms with Crippen LogP contribution < -0.4 is 5.32 Å². The van der Waals surface area contributed by atoms with E-state index in [4.69, 9.17) is 4.74 Å². The van der Waals surface area contributed by atoms with Crippen LogP contribution in [0.1, 0.15) is 65.7 Å². The minimum Gasteiger partial charge on any atom is -0.379 e. The van der Waals surface area contributed by atoms with Gasteiger partial charge in [0.05, 0.1) is 36.7 Å². The minimum atomic E-state index is -0.0401. The molecule has 1 atom stereocenters. The first-order valence-electron chi connectivity index (χ1n) is 10.4. The average molecular weight is 383 g/mol. The lowest BCUT2D eigenvalue weighted by Gasteiger charge is -2.34. The molecule has 2 aromatic heterocycles. The van der Waals surface area contributed by atoms with Crippen LogP contribution in [0.25, 0.3) is 0 Å². The molecular weight excluding hydrogens is 354 g/mol. The number of hydrogen-bond acceptors (Lipinski definition) is 5. The normalized spacial score (nSPS) is 20.0. The van der Waals surface area contributed by atoms with Gasteiger partial charge in [0.25, 0.3) is 5.91 Å². The van der Waals surface area contributed by atoms with Gasteiger partial charge in [-0.3, -0.25) is 19.8 Å². The second-order valence-corrected chi connectivity index (χ2v) is 7.69. The van der Waals surface area contributed by atoms with E-state index in [-0.39, 0.29) is 11.9 Å². The molecule has 1 unspecified atom stereocenters. The summed E-state index contributed by atoms with van der Waals surface area (Å²) in [5.74, 6) is 0.383. The summed E-state index contributed by atoms with van der Waals surface area (Å²) in [5, 5.41) is 10.4. The quantitative estimate of drug-likeness (QED) is 0.801. The zero-order chi connectivity index (χ0) is 19.2. The number of pyridine rings is 1. The van der Waals surface area contributed by atoms with Gasteiger partial charge in [-0.05, 0) is 30.5 Å². The van der Waals surface area contributed by atoms with Crippen molar-refractivity contribution in [3.8, 4) is 0 Å². The van der Waals surface area contributed by atoms with Crippen molar-refractivity contribution < 1.29 is 9.53 Å². The van der Waals surface area contributed by atoms with Crippen molar-refractivity contribution in [1.82, 2.24) is 25.4 Å². The van der Waals surface area contributed by atoms with Gasteiger partial charge in [-0.25, -0.2) is 0 Å².